The van der Waals surface area contributed by atoms with Gasteiger partial charge in [0.1, 0.15) is 5.75 Å². The van der Waals surface area contributed by atoms with Gasteiger partial charge in [-0.1, -0.05) is 35.9 Å². The van der Waals surface area contributed by atoms with Crippen molar-refractivity contribution in [3.8, 4) is 5.75 Å². The number of amides is 1. The van der Waals surface area contributed by atoms with Gasteiger partial charge in [0.25, 0.3) is 0 Å². The van der Waals surface area contributed by atoms with Crippen molar-refractivity contribution in [3.63, 3.8) is 0 Å². The van der Waals surface area contributed by atoms with Gasteiger partial charge in [-0.2, -0.15) is 4.31 Å². The van der Waals surface area contributed by atoms with E-state index in [4.69, 9.17) is 4.74 Å². The van der Waals surface area contributed by atoms with Gasteiger partial charge in [0.15, 0.2) is 0 Å². The van der Waals surface area contributed by atoms with Crippen LogP contribution in [0.1, 0.15) is 24.1 Å². The number of sulfonamides is 1. The zero-order chi connectivity index (χ0) is 19.3. The Kier molecular flexibility index (Phi) is 6.39. The van der Waals surface area contributed by atoms with Crippen LogP contribution in [0.2, 0.25) is 0 Å². The number of carbonyl (C=O) groups excluding carboxylic acids is 1. The van der Waals surface area contributed by atoms with E-state index in [2.05, 4.69) is 5.32 Å². The molecule has 26 heavy (non-hydrogen) atoms. The Labute approximate surface area is 154 Å². The molecule has 0 aromatic heterocycles. The number of rotatable bonds is 7. The number of hydrogen-bond donors (Lipinski definition) is 1. The highest BCUT2D eigenvalue weighted by molar-refractivity contribution is 7.89. The van der Waals surface area contributed by atoms with Crippen molar-refractivity contribution in [3.05, 3.63) is 59.7 Å². The van der Waals surface area contributed by atoms with Gasteiger partial charge in [0.05, 0.1) is 24.6 Å². The van der Waals surface area contributed by atoms with Gasteiger partial charge in [-0.05, 0) is 32.0 Å². The highest BCUT2D eigenvalue weighted by atomic mass is 32.2. The minimum absolute atomic E-state index is 0.163. The fourth-order valence-electron chi connectivity index (χ4n) is 2.57. The Balaban J connectivity index is 2.05. The maximum absolute atomic E-state index is 12.6. The Morgan fingerprint density at radius 3 is 2.38 bits per heavy atom. The molecular formula is C19H24N2O4S. The van der Waals surface area contributed by atoms with Crippen LogP contribution in [0.4, 0.5) is 0 Å². The molecule has 2 aromatic rings. The fourth-order valence-corrected chi connectivity index (χ4v) is 3.69. The molecule has 0 aliphatic heterocycles. The molecule has 0 heterocycles. The molecule has 1 N–H and O–H groups in total. The SMILES string of the molecule is COc1ccccc1[C@H](C)NC(=O)CN(C)S(=O)(=O)c1ccc(C)cc1. The molecule has 0 spiro atoms. The molecule has 1 amide bonds. The molecule has 140 valence electrons. The molecule has 0 saturated heterocycles. The van der Waals surface area contributed by atoms with Crippen LogP contribution in [0.3, 0.4) is 0 Å². The number of aryl methyl sites for hydroxylation is 1. The van der Waals surface area contributed by atoms with Crippen LogP contribution < -0.4 is 10.1 Å². The van der Waals surface area contributed by atoms with E-state index in [0.29, 0.717) is 5.75 Å². The molecular weight excluding hydrogens is 352 g/mol. The van der Waals surface area contributed by atoms with Crippen molar-refractivity contribution in [1.82, 2.24) is 9.62 Å². The van der Waals surface area contributed by atoms with Gasteiger partial charge in [-0.25, -0.2) is 8.42 Å². The summed E-state index contributed by atoms with van der Waals surface area (Å²) >= 11 is 0. The summed E-state index contributed by atoms with van der Waals surface area (Å²) in [6, 6.07) is 13.6. The van der Waals surface area contributed by atoms with Gasteiger partial charge >= 0.3 is 0 Å². The maximum Gasteiger partial charge on any atom is 0.243 e. The van der Waals surface area contributed by atoms with E-state index in [9.17, 15) is 13.2 Å². The second kappa shape index (κ2) is 8.33. The number of para-hydroxylation sites is 1. The van der Waals surface area contributed by atoms with Gasteiger partial charge in [-0.15, -0.1) is 0 Å². The number of carbonyl (C=O) groups is 1. The first-order valence-corrected chi connectivity index (χ1v) is 9.65. The Morgan fingerprint density at radius 2 is 1.77 bits per heavy atom. The van der Waals surface area contributed by atoms with Gasteiger partial charge in [0.2, 0.25) is 15.9 Å². The predicted molar refractivity (Wildman–Crippen MR) is 101 cm³/mol. The molecule has 0 unspecified atom stereocenters. The Morgan fingerprint density at radius 1 is 1.15 bits per heavy atom. The Bertz CT molecular complexity index is 863. The number of ether oxygens (including phenoxy) is 1. The summed E-state index contributed by atoms with van der Waals surface area (Å²) in [4.78, 5) is 12.5. The van der Waals surface area contributed by atoms with Gasteiger partial charge in [-0.3, -0.25) is 4.79 Å². The third-order valence-corrected chi connectivity index (χ3v) is 5.90. The second-order valence-corrected chi connectivity index (χ2v) is 8.15. The summed E-state index contributed by atoms with van der Waals surface area (Å²) < 4.78 is 31.5. The summed E-state index contributed by atoms with van der Waals surface area (Å²) in [5, 5.41) is 2.81. The molecule has 6 nitrogen and oxygen atoms in total. The average molecular weight is 376 g/mol. The summed E-state index contributed by atoms with van der Waals surface area (Å²) in [7, 11) is -0.760. The predicted octanol–water partition coefficient (Wildman–Crippen LogP) is 2.50. The molecule has 0 saturated carbocycles. The van der Waals surface area contributed by atoms with E-state index in [1.807, 2.05) is 38.1 Å². The first kappa shape index (κ1) is 19.9. The highest BCUT2D eigenvalue weighted by Gasteiger charge is 2.23. The lowest BCUT2D eigenvalue weighted by Gasteiger charge is -2.20. The standard InChI is InChI=1S/C19H24N2O4S/c1-14-9-11-16(12-10-14)26(23,24)21(3)13-19(22)20-15(2)17-7-5-6-8-18(17)25-4/h5-12,15H,13H2,1-4H3,(H,20,22)/t15-/m0/s1. The molecule has 0 radical (unpaired) electrons. The topological polar surface area (TPSA) is 75.7 Å². The maximum atomic E-state index is 12.6. The van der Waals surface area contributed by atoms with Crippen molar-refractivity contribution in [2.75, 3.05) is 20.7 Å². The lowest BCUT2D eigenvalue weighted by Crippen LogP contribution is -2.39. The van der Waals surface area contributed by atoms with E-state index in [0.717, 1.165) is 15.4 Å². The van der Waals surface area contributed by atoms with E-state index in [-0.39, 0.29) is 23.4 Å². The highest BCUT2D eigenvalue weighted by Crippen LogP contribution is 2.24. The van der Waals surface area contributed by atoms with Crippen molar-refractivity contribution in [2.45, 2.75) is 24.8 Å². The quantitative estimate of drug-likeness (QED) is 0.806. The van der Waals surface area contributed by atoms with Crippen molar-refractivity contribution in [1.29, 1.82) is 0 Å². The van der Waals surface area contributed by atoms with E-state index in [1.165, 1.54) is 19.2 Å². The smallest absolute Gasteiger partial charge is 0.243 e. The van der Waals surface area contributed by atoms with Crippen LogP contribution >= 0.6 is 0 Å². The van der Waals surface area contributed by atoms with Crippen LogP contribution in [0.25, 0.3) is 0 Å². The summed E-state index contributed by atoms with van der Waals surface area (Å²) in [5.74, 6) is 0.280. The van der Waals surface area contributed by atoms with E-state index >= 15 is 0 Å². The summed E-state index contributed by atoms with van der Waals surface area (Å²) in [6.07, 6.45) is 0. The largest absolute Gasteiger partial charge is 0.496 e. The summed E-state index contributed by atoms with van der Waals surface area (Å²) in [6.45, 7) is 3.44. The zero-order valence-corrected chi connectivity index (χ0v) is 16.2. The number of likely N-dealkylation sites (N-methyl/N-ethyl adjacent to an activating group) is 1. The molecule has 2 aromatic carbocycles. The minimum Gasteiger partial charge on any atom is -0.496 e. The zero-order valence-electron chi connectivity index (χ0n) is 15.4. The molecule has 7 heteroatoms. The number of hydrogen-bond acceptors (Lipinski definition) is 4. The van der Waals surface area contributed by atoms with E-state index in [1.54, 1.807) is 19.2 Å². The number of nitrogens with zero attached hydrogens (tertiary/aromatic N) is 1. The lowest BCUT2D eigenvalue weighted by atomic mass is 10.1. The van der Waals surface area contributed by atoms with Crippen LogP contribution in [0.15, 0.2) is 53.4 Å². The molecule has 0 aliphatic carbocycles. The fraction of sp³-hybridized carbons (Fsp3) is 0.316. The third kappa shape index (κ3) is 4.62. The minimum atomic E-state index is -3.72. The normalized spacial score (nSPS) is 12.7. The third-order valence-electron chi connectivity index (χ3n) is 4.08. The average Bonchev–Trinajstić information content (AvgIpc) is 2.61. The van der Waals surface area contributed by atoms with Crippen molar-refractivity contribution >= 4 is 15.9 Å². The first-order chi connectivity index (χ1) is 12.3. The van der Waals surface area contributed by atoms with Crippen LogP contribution in [0, 0.1) is 6.92 Å². The Hall–Kier alpha value is -2.38. The van der Waals surface area contributed by atoms with Crippen LogP contribution in [-0.2, 0) is 14.8 Å². The molecule has 0 aliphatic rings. The van der Waals surface area contributed by atoms with Gasteiger partial charge < -0.3 is 10.1 Å². The van der Waals surface area contributed by atoms with E-state index < -0.39 is 10.0 Å². The van der Waals surface area contributed by atoms with Gasteiger partial charge in [0, 0.05) is 12.6 Å². The van der Waals surface area contributed by atoms with Crippen molar-refractivity contribution < 1.29 is 17.9 Å². The first-order valence-electron chi connectivity index (χ1n) is 8.21. The molecule has 2 rings (SSSR count). The number of nitrogens with one attached hydrogen (secondary N) is 1. The number of methoxy groups -OCH3 is 1. The monoisotopic (exact) mass is 376 g/mol. The van der Waals surface area contributed by atoms with Crippen LogP contribution in [-0.4, -0.2) is 39.3 Å². The number of benzene rings is 2. The van der Waals surface area contributed by atoms with Crippen molar-refractivity contribution in [2.24, 2.45) is 0 Å². The summed E-state index contributed by atoms with van der Waals surface area (Å²) in [5.41, 5.74) is 1.79. The molecule has 0 fully saturated rings. The second-order valence-electron chi connectivity index (χ2n) is 6.11. The van der Waals surface area contributed by atoms with Crippen LogP contribution in [0.5, 0.6) is 5.75 Å². The lowest BCUT2D eigenvalue weighted by molar-refractivity contribution is -0.121. The molecule has 1 atom stereocenters. The molecule has 0 bridgehead atoms.